The number of nitrogens with zero attached hydrogens (tertiary/aromatic N) is 5. The van der Waals surface area contributed by atoms with Gasteiger partial charge in [0.1, 0.15) is 18.9 Å². The van der Waals surface area contributed by atoms with Crippen molar-refractivity contribution in [2.45, 2.75) is 0 Å². The van der Waals surface area contributed by atoms with Crippen molar-refractivity contribution in [3.8, 4) is 0 Å². The molecule has 0 saturated carbocycles. The number of hydrogen-bond donors (Lipinski definition) is 3. The number of imidazole rings is 1. The van der Waals surface area contributed by atoms with Crippen LogP contribution in [0.1, 0.15) is 0 Å². The van der Waals surface area contributed by atoms with Gasteiger partial charge in [0, 0.05) is 24.8 Å². The third-order valence-corrected chi connectivity index (χ3v) is 1.49. The summed E-state index contributed by atoms with van der Waals surface area (Å²) in [5.41, 5.74) is 0. The first kappa shape index (κ1) is 14.8. The van der Waals surface area contributed by atoms with Crippen LogP contribution < -0.4 is 0 Å². The molecule has 0 saturated heterocycles. The molecule has 0 aliphatic rings. The zero-order valence-corrected chi connectivity index (χ0v) is 10.5. The second-order valence-electron chi connectivity index (χ2n) is 2.85. The lowest BCUT2D eigenvalue weighted by molar-refractivity contribution is 0.558. The lowest BCUT2D eigenvalue weighted by atomic mass is 10.8. The number of hydrogen-bond acceptors (Lipinski definition) is 6. The highest BCUT2D eigenvalue weighted by Crippen LogP contribution is 1.72. The summed E-state index contributed by atoms with van der Waals surface area (Å²) in [4.78, 5) is 13.5. The molecule has 0 atom stereocenters. The van der Waals surface area contributed by atoms with E-state index in [1.165, 1.54) is 25.3 Å². The third-order valence-electron chi connectivity index (χ3n) is 1.49. The fourth-order valence-electron chi connectivity index (χ4n) is 0.773. The third kappa shape index (κ3) is 9.96. The van der Waals surface area contributed by atoms with Crippen LogP contribution in [0.25, 0.3) is 0 Å². The highest BCUT2D eigenvalue weighted by Gasteiger charge is 1.59. The maximum atomic E-state index is 4.47. The number of aromatic nitrogens is 8. The largest absolute Gasteiger partial charge is 0.452 e. The average Bonchev–Trinajstić information content (AvgIpc) is 3.40. The van der Waals surface area contributed by atoms with E-state index in [0.29, 0.717) is 0 Å². The van der Waals surface area contributed by atoms with Crippen LogP contribution in [0.4, 0.5) is 0 Å². The van der Waals surface area contributed by atoms with Crippen LogP contribution in [-0.4, -0.2) is 40.3 Å². The summed E-state index contributed by atoms with van der Waals surface area (Å²) < 4.78 is 4.47. The van der Waals surface area contributed by atoms with Crippen LogP contribution in [0.5, 0.6) is 0 Å². The maximum Gasteiger partial charge on any atom is 0.180 e. The summed E-state index contributed by atoms with van der Waals surface area (Å²) in [7, 11) is 0. The van der Waals surface area contributed by atoms with E-state index in [1.807, 2.05) is 6.07 Å². The van der Waals surface area contributed by atoms with Crippen molar-refractivity contribution < 1.29 is 4.42 Å². The molecule has 0 amide bonds. The van der Waals surface area contributed by atoms with E-state index in [0.717, 1.165) is 0 Å². The summed E-state index contributed by atoms with van der Waals surface area (Å²) in [6.45, 7) is 0. The van der Waals surface area contributed by atoms with Crippen molar-refractivity contribution >= 4 is 0 Å². The quantitative estimate of drug-likeness (QED) is 0.444. The molecule has 3 N–H and O–H groups in total. The van der Waals surface area contributed by atoms with E-state index >= 15 is 0 Å². The van der Waals surface area contributed by atoms with E-state index in [9.17, 15) is 0 Å². The Morgan fingerprint density at radius 3 is 2.00 bits per heavy atom. The molecule has 0 aliphatic heterocycles. The van der Waals surface area contributed by atoms with Crippen molar-refractivity contribution in [2.24, 2.45) is 0 Å². The van der Waals surface area contributed by atoms with Gasteiger partial charge in [-0.15, -0.1) is 0 Å². The SMILES string of the molecule is c1c[nH]cn1.c1cn[nH]c1.c1cocn1.c1nc[nH]n1. The number of oxazole rings is 1. The lowest BCUT2D eigenvalue weighted by Gasteiger charge is -1.49. The Labute approximate surface area is 114 Å². The molecule has 9 nitrogen and oxygen atoms in total. The van der Waals surface area contributed by atoms with Crippen LogP contribution >= 0.6 is 0 Å². The first-order valence-corrected chi connectivity index (χ1v) is 5.47. The number of H-pyrrole nitrogens is 3. The smallest absolute Gasteiger partial charge is 0.180 e. The summed E-state index contributed by atoms with van der Waals surface area (Å²) in [6.07, 6.45) is 16.0. The van der Waals surface area contributed by atoms with E-state index in [2.05, 4.69) is 44.7 Å². The van der Waals surface area contributed by atoms with Crippen LogP contribution in [-0.2, 0) is 0 Å². The molecular formula is C11H14N8O. The van der Waals surface area contributed by atoms with Crippen LogP contribution in [0.2, 0.25) is 0 Å². The first-order valence-electron chi connectivity index (χ1n) is 5.47. The van der Waals surface area contributed by atoms with Crippen LogP contribution in [0.15, 0.2) is 73.1 Å². The van der Waals surface area contributed by atoms with Gasteiger partial charge in [0.25, 0.3) is 0 Å². The molecule has 0 fully saturated rings. The molecule has 4 heterocycles. The molecule has 9 heteroatoms. The molecule has 0 spiro atoms. The van der Waals surface area contributed by atoms with E-state index < -0.39 is 0 Å². The Bertz CT molecular complexity index is 355. The minimum atomic E-state index is 1.38. The molecule has 4 rings (SSSR count). The fourth-order valence-corrected chi connectivity index (χ4v) is 0.773. The van der Waals surface area contributed by atoms with Gasteiger partial charge in [-0.05, 0) is 6.07 Å². The minimum absolute atomic E-state index is 1.38. The monoisotopic (exact) mass is 274 g/mol. The number of rotatable bonds is 0. The molecule has 0 bridgehead atoms. The Kier molecular flexibility index (Phi) is 9.07. The zero-order chi connectivity index (χ0) is 14.1. The van der Waals surface area contributed by atoms with Crippen LogP contribution in [0, 0.1) is 0 Å². The van der Waals surface area contributed by atoms with E-state index in [-0.39, 0.29) is 0 Å². The first-order chi connectivity index (χ1) is 10.0. The summed E-state index contributed by atoms with van der Waals surface area (Å²) in [6, 6.07) is 1.83. The topological polar surface area (TPSA) is 125 Å². The van der Waals surface area contributed by atoms with Gasteiger partial charge in [-0.1, -0.05) is 0 Å². The van der Waals surface area contributed by atoms with Crippen LogP contribution in [0.3, 0.4) is 0 Å². The van der Waals surface area contributed by atoms with Gasteiger partial charge in [0.2, 0.25) is 0 Å². The standard InChI is InChI=1S/2C3H4N2.C3H3NO.C2H3N3/c1-2-5-3-4-1;1-2-4-5-3-1;1-2-5-3-4-1;1-3-2-5-4-1/h2*1-3H,(H,4,5);1-3H;1-2H,(H,3,4,5). The van der Waals surface area contributed by atoms with Gasteiger partial charge >= 0.3 is 0 Å². The van der Waals surface area contributed by atoms with Crippen molar-refractivity contribution in [2.75, 3.05) is 0 Å². The Hall–Kier alpha value is -3.23. The van der Waals surface area contributed by atoms with Gasteiger partial charge in [0.15, 0.2) is 6.39 Å². The predicted molar refractivity (Wildman–Crippen MR) is 70.1 cm³/mol. The van der Waals surface area contributed by atoms with Gasteiger partial charge in [0.05, 0.1) is 12.5 Å². The Morgan fingerprint density at radius 2 is 1.80 bits per heavy atom. The molecule has 0 radical (unpaired) electrons. The van der Waals surface area contributed by atoms with Crippen molar-refractivity contribution in [1.82, 2.24) is 40.3 Å². The van der Waals surface area contributed by atoms with Gasteiger partial charge < -0.3 is 9.40 Å². The van der Waals surface area contributed by atoms with Crippen molar-refractivity contribution in [3.05, 3.63) is 68.7 Å². The van der Waals surface area contributed by atoms with Gasteiger partial charge in [-0.2, -0.15) is 10.2 Å². The number of nitrogens with one attached hydrogen (secondary N) is 3. The predicted octanol–water partition coefficient (Wildman–Crippen LogP) is 1.30. The average molecular weight is 274 g/mol. The highest BCUT2D eigenvalue weighted by atomic mass is 16.3. The molecule has 4 aromatic heterocycles. The molecule has 4 aromatic rings. The molecule has 0 aliphatic carbocycles. The molecule has 104 valence electrons. The normalized spacial score (nSPS) is 8.00. The Morgan fingerprint density at radius 1 is 0.800 bits per heavy atom. The van der Waals surface area contributed by atoms with Gasteiger partial charge in [-0.25, -0.2) is 15.0 Å². The van der Waals surface area contributed by atoms with E-state index in [4.69, 9.17) is 0 Å². The van der Waals surface area contributed by atoms with E-state index in [1.54, 1.807) is 37.3 Å². The van der Waals surface area contributed by atoms with Gasteiger partial charge in [-0.3, -0.25) is 10.2 Å². The summed E-state index contributed by atoms with van der Waals surface area (Å²) >= 11 is 0. The minimum Gasteiger partial charge on any atom is -0.452 e. The lowest BCUT2D eigenvalue weighted by Crippen LogP contribution is -1.53. The fraction of sp³-hybridized carbons (Fsp3) is 0. The zero-order valence-electron chi connectivity index (χ0n) is 10.5. The maximum absolute atomic E-state index is 4.47. The second kappa shape index (κ2) is 12.2. The second-order valence-corrected chi connectivity index (χ2v) is 2.85. The Balaban J connectivity index is 0.000000133. The molecule has 0 unspecified atom stereocenters. The molecule has 20 heavy (non-hydrogen) atoms. The summed E-state index contributed by atoms with van der Waals surface area (Å²) in [5, 5.41) is 12.2. The molecular weight excluding hydrogens is 260 g/mol. The highest BCUT2D eigenvalue weighted by molar-refractivity contribution is 4.72. The summed E-state index contributed by atoms with van der Waals surface area (Å²) in [5.74, 6) is 0. The number of aromatic amines is 3. The molecule has 0 aromatic carbocycles. The van der Waals surface area contributed by atoms with Crippen molar-refractivity contribution in [3.63, 3.8) is 0 Å². The van der Waals surface area contributed by atoms with Crippen molar-refractivity contribution in [1.29, 1.82) is 0 Å².